The van der Waals surface area contributed by atoms with Gasteiger partial charge in [0.05, 0.1) is 18.4 Å². The number of hydrogen-bond donors (Lipinski definition) is 3. The van der Waals surface area contributed by atoms with E-state index >= 15 is 0 Å². The monoisotopic (exact) mass is 268 g/mol. The van der Waals surface area contributed by atoms with E-state index in [9.17, 15) is 9.90 Å². The summed E-state index contributed by atoms with van der Waals surface area (Å²) in [7, 11) is 0. The molecule has 108 valence electrons. The predicted molar refractivity (Wildman–Crippen MR) is 73.6 cm³/mol. The molecule has 3 N–H and O–H groups in total. The van der Waals surface area contributed by atoms with Crippen LogP contribution in [0.3, 0.4) is 0 Å². The SMILES string of the molecule is CC(C)CC[C@@](C)(O)CNC(=O)NCc1ccco1. The van der Waals surface area contributed by atoms with Gasteiger partial charge in [-0.05, 0) is 37.8 Å². The van der Waals surface area contributed by atoms with Crippen molar-refractivity contribution in [3.8, 4) is 0 Å². The maximum absolute atomic E-state index is 11.5. The first-order valence-corrected chi connectivity index (χ1v) is 6.65. The minimum absolute atomic E-state index is 0.240. The van der Waals surface area contributed by atoms with E-state index in [2.05, 4.69) is 24.5 Å². The smallest absolute Gasteiger partial charge is 0.315 e. The molecular weight excluding hydrogens is 244 g/mol. The van der Waals surface area contributed by atoms with Crippen molar-refractivity contribution in [2.45, 2.75) is 45.8 Å². The molecule has 1 aromatic heterocycles. The lowest BCUT2D eigenvalue weighted by Crippen LogP contribution is -2.44. The molecule has 0 spiro atoms. The molecular formula is C14H24N2O3. The average molecular weight is 268 g/mol. The van der Waals surface area contributed by atoms with E-state index in [-0.39, 0.29) is 12.6 Å². The summed E-state index contributed by atoms with van der Waals surface area (Å²) in [6, 6.07) is 3.26. The highest BCUT2D eigenvalue weighted by Crippen LogP contribution is 2.15. The van der Waals surface area contributed by atoms with Crippen molar-refractivity contribution in [3.05, 3.63) is 24.2 Å². The molecule has 0 saturated carbocycles. The van der Waals surface area contributed by atoms with Gasteiger partial charge in [0.25, 0.3) is 0 Å². The lowest BCUT2D eigenvalue weighted by Gasteiger charge is -2.24. The second-order valence-corrected chi connectivity index (χ2v) is 5.55. The Labute approximate surface area is 114 Å². The molecule has 19 heavy (non-hydrogen) atoms. The molecule has 5 heteroatoms. The number of nitrogens with one attached hydrogen (secondary N) is 2. The minimum Gasteiger partial charge on any atom is -0.467 e. The summed E-state index contributed by atoms with van der Waals surface area (Å²) in [5.41, 5.74) is -0.869. The highest BCUT2D eigenvalue weighted by atomic mass is 16.3. The average Bonchev–Trinajstić information content (AvgIpc) is 2.85. The second kappa shape index (κ2) is 7.19. The lowest BCUT2D eigenvalue weighted by atomic mass is 9.95. The normalized spacial score (nSPS) is 14.2. The van der Waals surface area contributed by atoms with Crippen molar-refractivity contribution in [1.82, 2.24) is 10.6 Å². The van der Waals surface area contributed by atoms with Crippen LogP contribution in [0, 0.1) is 5.92 Å². The van der Waals surface area contributed by atoms with Crippen LogP contribution in [-0.4, -0.2) is 23.3 Å². The Bertz CT molecular complexity index is 372. The first-order valence-electron chi connectivity index (χ1n) is 6.65. The molecule has 1 aromatic rings. The zero-order chi connectivity index (χ0) is 14.3. The summed E-state index contributed by atoms with van der Waals surface area (Å²) in [6.45, 7) is 6.54. The van der Waals surface area contributed by atoms with Crippen LogP contribution in [0.15, 0.2) is 22.8 Å². The van der Waals surface area contributed by atoms with E-state index in [1.807, 2.05) is 0 Å². The van der Waals surface area contributed by atoms with E-state index in [1.165, 1.54) is 0 Å². The molecule has 1 atom stereocenters. The Morgan fingerprint density at radius 1 is 1.47 bits per heavy atom. The molecule has 0 unspecified atom stereocenters. The van der Waals surface area contributed by atoms with Gasteiger partial charge in [0.15, 0.2) is 0 Å². The third-order valence-corrected chi connectivity index (χ3v) is 2.89. The fraction of sp³-hybridized carbons (Fsp3) is 0.643. The van der Waals surface area contributed by atoms with Crippen LogP contribution in [0.1, 0.15) is 39.4 Å². The van der Waals surface area contributed by atoms with Crippen LogP contribution in [0.5, 0.6) is 0 Å². The van der Waals surface area contributed by atoms with Gasteiger partial charge in [-0.1, -0.05) is 13.8 Å². The van der Waals surface area contributed by atoms with E-state index < -0.39 is 5.60 Å². The van der Waals surface area contributed by atoms with Crippen molar-refractivity contribution in [3.63, 3.8) is 0 Å². The number of urea groups is 1. The molecule has 0 aromatic carbocycles. The van der Waals surface area contributed by atoms with Gasteiger partial charge in [0, 0.05) is 6.54 Å². The van der Waals surface area contributed by atoms with Crippen molar-refractivity contribution in [1.29, 1.82) is 0 Å². The quantitative estimate of drug-likeness (QED) is 0.710. The Balaban J connectivity index is 2.21. The zero-order valence-corrected chi connectivity index (χ0v) is 11.9. The Kier molecular flexibility index (Phi) is 5.89. The molecule has 0 aliphatic rings. The first-order chi connectivity index (χ1) is 8.89. The number of carbonyl (C=O) groups is 1. The van der Waals surface area contributed by atoms with Crippen molar-refractivity contribution < 1.29 is 14.3 Å². The highest BCUT2D eigenvalue weighted by Gasteiger charge is 2.21. The van der Waals surface area contributed by atoms with Crippen LogP contribution < -0.4 is 10.6 Å². The summed E-state index contributed by atoms with van der Waals surface area (Å²) < 4.78 is 5.10. The topological polar surface area (TPSA) is 74.5 Å². The van der Waals surface area contributed by atoms with Gasteiger partial charge in [0.1, 0.15) is 5.76 Å². The third-order valence-electron chi connectivity index (χ3n) is 2.89. The maximum atomic E-state index is 11.5. The summed E-state index contributed by atoms with van der Waals surface area (Å²) in [5, 5.41) is 15.4. The number of amides is 2. The zero-order valence-electron chi connectivity index (χ0n) is 11.9. The van der Waals surface area contributed by atoms with Gasteiger partial charge < -0.3 is 20.2 Å². The fourth-order valence-corrected chi connectivity index (χ4v) is 1.60. The predicted octanol–water partition coefficient (Wildman–Crippen LogP) is 2.27. The molecule has 1 rings (SSSR count). The van der Waals surface area contributed by atoms with Crippen molar-refractivity contribution >= 4 is 6.03 Å². The molecule has 0 radical (unpaired) electrons. The summed E-state index contributed by atoms with van der Waals surface area (Å²) in [6.07, 6.45) is 3.16. The van der Waals surface area contributed by atoms with E-state index in [4.69, 9.17) is 4.42 Å². The Hall–Kier alpha value is -1.49. The van der Waals surface area contributed by atoms with E-state index in [0.29, 0.717) is 24.6 Å². The standard InChI is InChI=1S/C14H24N2O3/c1-11(2)6-7-14(3,18)10-16-13(17)15-9-12-5-4-8-19-12/h4-5,8,11,18H,6-7,9-10H2,1-3H3,(H2,15,16,17)/t14-/m1/s1. The van der Waals surface area contributed by atoms with Crippen LogP contribution in [-0.2, 0) is 6.54 Å². The number of carbonyl (C=O) groups excluding carboxylic acids is 1. The summed E-state index contributed by atoms with van der Waals surface area (Å²) in [5.74, 6) is 1.24. The first kappa shape index (κ1) is 15.6. The number of rotatable bonds is 7. The summed E-state index contributed by atoms with van der Waals surface area (Å²) >= 11 is 0. The van der Waals surface area contributed by atoms with Gasteiger partial charge in [-0.3, -0.25) is 0 Å². The fourth-order valence-electron chi connectivity index (χ4n) is 1.60. The molecule has 0 saturated heterocycles. The molecule has 0 bridgehead atoms. The molecule has 1 heterocycles. The van der Waals surface area contributed by atoms with Gasteiger partial charge >= 0.3 is 6.03 Å². The van der Waals surface area contributed by atoms with E-state index in [1.54, 1.807) is 25.3 Å². The van der Waals surface area contributed by atoms with Crippen LogP contribution >= 0.6 is 0 Å². The van der Waals surface area contributed by atoms with Crippen LogP contribution in [0.4, 0.5) is 4.79 Å². The third kappa shape index (κ3) is 6.86. The number of furan rings is 1. The van der Waals surface area contributed by atoms with Gasteiger partial charge in [-0.2, -0.15) is 0 Å². The maximum Gasteiger partial charge on any atom is 0.315 e. The van der Waals surface area contributed by atoms with Crippen LogP contribution in [0.25, 0.3) is 0 Å². The largest absolute Gasteiger partial charge is 0.467 e. The molecule has 0 fully saturated rings. The Morgan fingerprint density at radius 2 is 2.21 bits per heavy atom. The number of hydrogen-bond acceptors (Lipinski definition) is 3. The molecule has 2 amide bonds. The van der Waals surface area contributed by atoms with Gasteiger partial charge in [-0.25, -0.2) is 4.79 Å². The van der Waals surface area contributed by atoms with Gasteiger partial charge in [-0.15, -0.1) is 0 Å². The Morgan fingerprint density at radius 3 is 2.79 bits per heavy atom. The highest BCUT2D eigenvalue weighted by molar-refractivity contribution is 5.73. The molecule has 5 nitrogen and oxygen atoms in total. The lowest BCUT2D eigenvalue weighted by molar-refractivity contribution is 0.0476. The number of aliphatic hydroxyl groups is 1. The van der Waals surface area contributed by atoms with Crippen molar-refractivity contribution in [2.75, 3.05) is 6.54 Å². The van der Waals surface area contributed by atoms with E-state index in [0.717, 1.165) is 6.42 Å². The summed E-state index contributed by atoms with van der Waals surface area (Å²) in [4.78, 5) is 11.5. The van der Waals surface area contributed by atoms with Gasteiger partial charge in [0.2, 0.25) is 0 Å². The van der Waals surface area contributed by atoms with Crippen LogP contribution in [0.2, 0.25) is 0 Å². The van der Waals surface area contributed by atoms with Crippen molar-refractivity contribution in [2.24, 2.45) is 5.92 Å². The molecule has 0 aliphatic heterocycles. The second-order valence-electron chi connectivity index (χ2n) is 5.55. The minimum atomic E-state index is -0.869. The molecule has 0 aliphatic carbocycles.